The van der Waals surface area contributed by atoms with Gasteiger partial charge in [-0.15, -0.1) is 0 Å². The maximum absolute atomic E-state index is 13.6. The van der Waals surface area contributed by atoms with Crippen LogP contribution in [0.25, 0.3) is 21.1 Å². The first-order valence-electron chi connectivity index (χ1n) is 10.7. The van der Waals surface area contributed by atoms with E-state index in [1.165, 1.54) is 18.3 Å². The van der Waals surface area contributed by atoms with E-state index in [4.69, 9.17) is 16.3 Å². The van der Waals surface area contributed by atoms with Gasteiger partial charge in [-0.1, -0.05) is 22.9 Å². The number of aromatic nitrogens is 3. The number of aromatic amines is 1. The molecule has 0 fully saturated rings. The molecule has 0 unspecified atom stereocenters. The monoisotopic (exact) mass is 539 g/mol. The number of esters is 1. The second kappa shape index (κ2) is 9.25. The minimum absolute atomic E-state index is 0.00128. The quantitative estimate of drug-likeness (QED) is 0.250. The molecule has 2 aromatic carbocycles. The molecule has 2 aromatic heterocycles. The Morgan fingerprint density at radius 3 is 2.58 bits per heavy atom. The first-order valence-corrected chi connectivity index (χ1v) is 11.9. The average Bonchev–Trinajstić information content (AvgIpc) is 3.39. The molecule has 0 bridgehead atoms. The van der Waals surface area contributed by atoms with Gasteiger partial charge in [0.15, 0.2) is 5.13 Å². The fourth-order valence-electron chi connectivity index (χ4n) is 3.46. The van der Waals surface area contributed by atoms with Crippen LogP contribution in [0.1, 0.15) is 43.6 Å². The molecule has 190 valence electrons. The number of alkyl halides is 3. The number of ether oxygens (including phenoxy) is 1. The summed E-state index contributed by atoms with van der Waals surface area (Å²) in [6, 6.07) is 5.50. The number of hydrogen-bond donors (Lipinski definition) is 3. The van der Waals surface area contributed by atoms with Gasteiger partial charge in [0.25, 0.3) is 5.91 Å². The minimum atomic E-state index is -4.64. The van der Waals surface area contributed by atoms with Crippen LogP contribution in [0, 0.1) is 0 Å². The molecule has 36 heavy (non-hydrogen) atoms. The molecule has 1 amide bonds. The number of amides is 1. The molecule has 0 saturated heterocycles. The predicted octanol–water partition coefficient (Wildman–Crippen LogP) is 6.24. The molecule has 4 aromatic rings. The average molecular weight is 540 g/mol. The number of carbonyl (C=O) groups excluding carboxylic acids is 2. The van der Waals surface area contributed by atoms with Crippen LogP contribution < -0.4 is 10.6 Å². The molecule has 0 radical (unpaired) electrons. The van der Waals surface area contributed by atoms with Crippen LogP contribution in [-0.2, 0) is 15.7 Å². The number of nitrogens with zero attached hydrogens (tertiary/aromatic N) is 2. The standard InChI is InChI=1S/C23H21ClF3N5O3S/c1-10(2)35-19(33)12-7-11(5-6-15(12)24)31-22(3,4)20(34)30-21-29-17-14(23(25,26)27)8-16-13(9-28-32-16)18(17)36-21/h5-10,31H,1-4H3,(H,28,32)(H,29,30,34). The van der Waals surface area contributed by atoms with Crippen molar-refractivity contribution in [3.05, 3.63) is 46.6 Å². The SMILES string of the molecule is CC(C)OC(=O)c1cc(NC(C)(C)C(=O)Nc2nc3c(C(F)(F)F)cc4[nH]ncc4c3s2)ccc1Cl. The molecule has 0 aliphatic rings. The van der Waals surface area contributed by atoms with E-state index in [2.05, 4.69) is 25.8 Å². The smallest absolute Gasteiger partial charge is 0.418 e. The van der Waals surface area contributed by atoms with Crippen molar-refractivity contribution < 1.29 is 27.5 Å². The van der Waals surface area contributed by atoms with Gasteiger partial charge in [0.2, 0.25) is 0 Å². The van der Waals surface area contributed by atoms with E-state index >= 15 is 0 Å². The topological polar surface area (TPSA) is 109 Å². The summed E-state index contributed by atoms with van der Waals surface area (Å²) in [6.45, 7) is 6.56. The van der Waals surface area contributed by atoms with E-state index in [0.29, 0.717) is 11.1 Å². The Morgan fingerprint density at radius 1 is 1.19 bits per heavy atom. The van der Waals surface area contributed by atoms with Crippen LogP contribution in [0.3, 0.4) is 0 Å². The molecule has 4 rings (SSSR count). The molecule has 0 spiro atoms. The van der Waals surface area contributed by atoms with Crippen LogP contribution in [-0.4, -0.2) is 38.7 Å². The molecule has 2 heterocycles. The van der Waals surface area contributed by atoms with Gasteiger partial charge in [-0.05, 0) is 52.0 Å². The molecule has 0 aliphatic heterocycles. The summed E-state index contributed by atoms with van der Waals surface area (Å²) < 4.78 is 46.3. The third-order valence-electron chi connectivity index (χ3n) is 5.16. The zero-order valence-corrected chi connectivity index (χ0v) is 21.1. The number of thiazole rings is 1. The fraction of sp³-hybridized carbons (Fsp3) is 0.304. The summed E-state index contributed by atoms with van der Waals surface area (Å²) >= 11 is 7.05. The van der Waals surface area contributed by atoms with Crippen molar-refractivity contribution in [1.82, 2.24) is 15.2 Å². The van der Waals surface area contributed by atoms with E-state index in [-0.39, 0.29) is 37.6 Å². The Hall–Kier alpha value is -3.38. The van der Waals surface area contributed by atoms with Crippen molar-refractivity contribution in [2.45, 2.75) is 45.5 Å². The van der Waals surface area contributed by atoms with Crippen LogP contribution in [0.5, 0.6) is 0 Å². The number of fused-ring (bicyclic) bond motifs is 3. The van der Waals surface area contributed by atoms with Gasteiger partial charge in [0.05, 0.1) is 44.2 Å². The minimum Gasteiger partial charge on any atom is -0.459 e. The van der Waals surface area contributed by atoms with Crippen molar-refractivity contribution >= 4 is 66.8 Å². The Kier molecular flexibility index (Phi) is 6.60. The molecule has 0 atom stereocenters. The van der Waals surface area contributed by atoms with E-state index in [1.54, 1.807) is 33.8 Å². The summed E-state index contributed by atoms with van der Waals surface area (Å²) in [4.78, 5) is 29.5. The number of rotatable bonds is 6. The van der Waals surface area contributed by atoms with Gasteiger partial charge in [0.1, 0.15) is 5.54 Å². The zero-order valence-electron chi connectivity index (χ0n) is 19.5. The lowest BCUT2D eigenvalue weighted by molar-refractivity contribution is -0.136. The fourth-order valence-corrected chi connectivity index (χ4v) is 4.66. The van der Waals surface area contributed by atoms with Gasteiger partial charge in [-0.25, -0.2) is 9.78 Å². The zero-order chi connectivity index (χ0) is 26.4. The van der Waals surface area contributed by atoms with Crippen molar-refractivity contribution in [3.63, 3.8) is 0 Å². The number of hydrogen-bond acceptors (Lipinski definition) is 7. The van der Waals surface area contributed by atoms with Crippen molar-refractivity contribution in [2.24, 2.45) is 0 Å². The summed E-state index contributed by atoms with van der Waals surface area (Å²) in [5.41, 5.74) is -1.68. The van der Waals surface area contributed by atoms with Crippen molar-refractivity contribution in [3.8, 4) is 0 Å². The Labute approximate surface area is 212 Å². The summed E-state index contributed by atoms with van der Waals surface area (Å²) in [7, 11) is 0. The number of anilines is 2. The highest BCUT2D eigenvalue weighted by Gasteiger charge is 2.36. The highest BCUT2D eigenvalue weighted by atomic mass is 35.5. The third-order valence-corrected chi connectivity index (χ3v) is 6.50. The molecule has 0 aliphatic carbocycles. The number of carbonyl (C=O) groups is 2. The molecule has 13 heteroatoms. The second-order valence-electron chi connectivity index (χ2n) is 8.80. The first-order chi connectivity index (χ1) is 16.8. The molecule has 3 N–H and O–H groups in total. The summed E-state index contributed by atoms with van der Waals surface area (Å²) in [5.74, 6) is -1.17. The first kappa shape index (κ1) is 25.7. The largest absolute Gasteiger partial charge is 0.459 e. The third kappa shape index (κ3) is 5.09. The second-order valence-corrected chi connectivity index (χ2v) is 10.2. The molecular weight excluding hydrogens is 519 g/mol. The molecular formula is C23H21ClF3N5O3S. The normalized spacial score (nSPS) is 12.4. The van der Waals surface area contributed by atoms with E-state index in [9.17, 15) is 22.8 Å². The maximum atomic E-state index is 13.6. The van der Waals surface area contributed by atoms with E-state index < -0.39 is 29.2 Å². The number of H-pyrrole nitrogens is 1. The Bertz CT molecular complexity index is 1480. The lowest BCUT2D eigenvalue weighted by atomic mass is 10.0. The summed E-state index contributed by atoms with van der Waals surface area (Å²) in [6.07, 6.45) is -3.57. The van der Waals surface area contributed by atoms with E-state index in [0.717, 1.165) is 17.4 Å². The van der Waals surface area contributed by atoms with Crippen LogP contribution in [0.15, 0.2) is 30.5 Å². The van der Waals surface area contributed by atoms with Gasteiger partial charge >= 0.3 is 12.1 Å². The molecule has 0 saturated carbocycles. The van der Waals surface area contributed by atoms with Gasteiger partial charge in [-0.2, -0.15) is 18.3 Å². The van der Waals surface area contributed by atoms with Crippen molar-refractivity contribution in [2.75, 3.05) is 10.6 Å². The Morgan fingerprint density at radius 2 is 1.92 bits per heavy atom. The van der Waals surface area contributed by atoms with Crippen molar-refractivity contribution in [1.29, 1.82) is 0 Å². The van der Waals surface area contributed by atoms with Gasteiger partial charge in [-0.3, -0.25) is 15.2 Å². The number of nitrogens with one attached hydrogen (secondary N) is 3. The van der Waals surface area contributed by atoms with Crippen LogP contribution >= 0.6 is 22.9 Å². The van der Waals surface area contributed by atoms with Crippen LogP contribution in [0.2, 0.25) is 5.02 Å². The number of halogens is 4. The highest BCUT2D eigenvalue weighted by molar-refractivity contribution is 7.23. The van der Waals surface area contributed by atoms with E-state index in [1.807, 2.05) is 0 Å². The molecule has 8 nitrogen and oxygen atoms in total. The van der Waals surface area contributed by atoms with Gasteiger partial charge in [0, 0.05) is 11.1 Å². The lowest BCUT2D eigenvalue weighted by Crippen LogP contribution is -2.44. The number of benzene rings is 2. The van der Waals surface area contributed by atoms with Crippen LogP contribution in [0.4, 0.5) is 24.0 Å². The predicted molar refractivity (Wildman–Crippen MR) is 133 cm³/mol. The highest BCUT2D eigenvalue weighted by Crippen LogP contribution is 2.41. The summed E-state index contributed by atoms with van der Waals surface area (Å²) in [5, 5.41) is 12.6. The lowest BCUT2D eigenvalue weighted by Gasteiger charge is -2.26. The maximum Gasteiger partial charge on any atom is 0.418 e. The Balaban J connectivity index is 1.60. The van der Waals surface area contributed by atoms with Gasteiger partial charge < -0.3 is 10.1 Å².